The maximum atomic E-state index is 11.6. The summed E-state index contributed by atoms with van der Waals surface area (Å²) >= 11 is 0. The van der Waals surface area contributed by atoms with Gasteiger partial charge in [-0.25, -0.2) is 0 Å². The van der Waals surface area contributed by atoms with E-state index in [1.165, 1.54) is 0 Å². The van der Waals surface area contributed by atoms with Gasteiger partial charge in [0.05, 0.1) is 6.54 Å². The van der Waals surface area contributed by atoms with E-state index in [1.807, 2.05) is 0 Å². The topological polar surface area (TPSA) is 29.5 Å². The van der Waals surface area contributed by atoms with Crippen molar-refractivity contribution < 1.29 is 9.53 Å². The monoisotopic (exact) mass is 243 g/mol. The molecule has 0 aliphatic heterocycles. The fourth-order valence-electron chi connectivity index (χ4n) is 1.61. The summed E-state index contributed by atoms with van der Waals surface area (Å²) < 4.78 is 4.88. The molecule has 0 aliphatic carbocycles. The molecule has 0 aromatic heterocycles. The molecule has 0 aromatic rings. The molecule has 0 amide bonds. The Balaban J connectivity index is 4.04. The van der Waals surface area contributed by atoms with Crippen LogP contribution in [0.5, 0.6) is 0 Å². The van der Waals surface area contributed by atoms with Gasteiger partial charge in [0, 0.05) is 7.11 Å². The lowest BCUT2D eigenvalue weighted by atomic mass is 10.1. The Morgan fingerprint density at radius 1 is 1.06 bits per heavy atom. The Labute approximate surface area is 107 Å². The van der Waals surface area contributed by atoms with E-state index in [4.69, 9.17) is 4.74 Å². The number of ketones is 1. The summed E-state index contributed by atoms with van der Waals surface area (Å²) in [6.45, 7) is 11.7. The summed E-state index contributed by atoms with van der Waals surface area (Å²) in [6, 6.07) is 0. The minimum Gasteiger partial charge on any atom is -0.377 e. The van der Waals surface area contributed by atoms with E-state index in [9.17, 15) is 4.79 Å². The number of carbonyl (C=O) groups excluding carboxylic acids is 1. The van der Waals surface area contributed by atoms with Gasteiger partial charge < -0.3 is 4.74 Å². The summed E-state index contributed by atoms with van der Waals surface area (Å²) in [5, 5.41) is 0. The summed E-state index contributed by atoms with van der Waals surface area (Å²) in [7, 11) is 1.57. The molecule has 3 nitrogen and oxygen atoms in total. The van der Waals surface area contributed by atoms with Crippen molar-refractivity contribution >= 4 is 5.78 Å². The summed E-state index contributed by atoms with van der Waals surface area (Å²) in [4.78, 5) is 13.8. The molecule has 0 fully saturated rings. The van der Waals surface area contributed by atoms with Gasteiger partial charge in [-0.3, -0.25) is 9.69 Å². The second kappa shape index (κ2) is 9.60. The number of rotatable bonds is 10. The number of methoxy groups -OCH3 is 1. The number of hydrogen-bond donors (Lipinski definition) is 0. The van der Waals surface area contributed by atoms with Gasteiger partial charge in [-0.1, -0.05) is 27.7 Å². The van der Waals surface area contributed by atoms with Crippen molar-refractivity contribution in [1.29, 1.82) is 0 Å². The maximum Gasteiger partial charge on any atom is 0.172 e. The maximum absolute atomic E-state index is 11.6. The highest BCUT2D eigenvalue weighted by atomic mass is 16.5. The van der Waals surface area contributed by atoms with Crippen LogP contribution in [0, 0.1) is 11.8 Å². The lowest BCUT2D eigenvalue weighted by molar-refractivity contribution is -0.123. The standard InChI is InChI=1S/C14H29NO2/c1-12(2)6-8-15(9-7-13(3)4)10-14(16)11-17-5/h12-13H,6-11H2,1-5H3. The van der Waals surface area contributed by atoms with Gasteiger partial charge in [0.2, 0.25) is 0 Å². The molecular formula is C14H29NO2. The van der Waals surface area contributed by atoms with Crippen molar-refractivity contribution in [1.82, 2.24) is 4.90 Å². The number of hydrogen-bond acceptors (Lipinski definition) is 3. The molecule has 0 bridgehead atoms. The predicted octanol–water partition coefficient (Wildman–Crippen LogP) is 2.60. The zero-order valence-corrected chi connectivity index (χ0v) is 12.2. The first-order valence-electron chi connectivity index (χ1n) is 6.68. The van der Waals surface area contributed by atoms with Gasteiger partial charge in [0.15, 0.2) is 5.78 Å². The molecule has 0 heterocycles. The van der Waals surface area contributed by atoms with E-state index in [-0.39, 0.29) is 12.4 Å². The minimum absolute atomic E-state index is 0.181. The predicted molar refractivity (Wildman–Crippen MR) is 72.2 cm³/mol. The van der Waals surface area contributed by atoms with Crippen LogP contribution in [0.1, 0.15) is 40.5 Å². The quantitative estimate of drug-likeness (QED) is 0.590. The van der Waals surface area contributed by atoms with E-state index in [0.717, 1.165) is 25.9 Å². The second-order valence-electron chi connectivity index (χ2n) is 5.61. The highest BCUT2D eigenvalue weighted by molar-refractivity contribution is 5.81. The van der Waals surface area contributed by atoms with Crippen LogP contribution < -0.4 is 0 Å². The third-order valence-electron chi connectivity index (χ3n) is 2.75. The smallest absolute Gasteiger partial charge is 0.172 e. The number of nitrogens with zero attached hydrogens (tertiary/aromatic N) is 1. The first-order valence-corrected chi connectivity index (χ1v) is 6.68. The Kier molecular flexibility index (Phi) is 9.37. The molecule has 0 aliphatic rings. The van der Waals surface area contributed by atoms with Crippen molar-refractivity contribution in [2.45, 2.75) is 40.5 Å². The molecule has 0 spiro atoms. The average Bonchev–Trinajstić information content (AvgIpc) is 2.22. The number of Topliss-reactive ketones (excluding diaryl/α,β-unsaturated/α-hetero) is 1. The molecule has 17 heavy (non-hydrogen) atoms. The van der Waals surface area contributed by atoms with Crippen molar-refractivity contribution in [3.05, 3.63) is 0 Å². The van der Waals surface area contributed by atoms with E-state index in [0.29, 0.717) is 18.4 Å². The Morgan fingerprint density at radius 2 is 1.53 bits per heavy atom. The third-order valence-corrected chi connectivity index (χ3v) is 2.75. The fraction of sp³-hybridized carbons (Fsp3) is 0.929. The third kappa shape index (κ3) is 10.5. The van der Waals surface area contributed by atoms with Crippen molar-refractivity contribution in [3.8, 4) is 0 Å². The zero-order valence-electron chi connectivity index (χ0n) is 12.2. The molecule has 102 valence electrons. The molecule has 0 rings (SSSR count). The average molecular weight is 243 g/mol. The normalized spacial score (nSPS) is 11.8. The fourth-order valence-corrected chi connectivity index (χ4v) is 1.61. The SMILES string of the molecule is COCC(=O)CN(CCC(C)C)CCC(C)C. The Hall–Kier alpha value is -0.410. The molecular weight excluding hydrogens is 214 g/mol. The van der Waals surface area contributed by atoms with Crippen LogP contribution in [0.3, 0.4) is 0 Å². The molecule has 0 aromatic carbocycles. The molecule has 3 heteroatoms. The van der Waals surface area contributed by atoms with Gasteiger partial charge in [-0.05, 0) is 37.8 Å². The summed E-state index contributed by atoms with van der Waals surface area (Å²) in [5.74, 6) is 1.56. The largest absolute Gasteiger partial charge is 0.377 e. The van der Waals surface area contributed by atoms with Crippen molar-refractivity contribution in [3.63, 3.8) is 0 Å². The second-order valence-corrected chi connectivity index (χ2v) is 5.61. The summed E-state index contributed by atoms with van der Waals surface area (Å²) in [6.07, 6.45) is 2.30. The molecule has 0 N–H and O–H groups in total. The van der Waals surface area contributed by atoms with Crippen LogP contribution >= 0.6 is 0 Å². The molecule has 0 atom stereocenters. The van der Waals surface area contributed by atoms with Crippen molar-refractivity contribution in [2.24, 2.45) is 11.8 Å². The number of carbonyl (C=O) groups is 1. The number of ether oxygens (including phenoxy) is 1. The first-order chi connectivity index (χ1) is 7.95. The van der Waals surface area contributed by atoms with Crippen LogP contribution in [0.2, 0.25) is 0 Å². The highest BCUT2D eigenvalue weighted by Crippen LogP contribution is 2.06. The lowest BCUT2D eigenvalue weighted by Gasteiger charge is -2.23. The van der Waals surface area contributed by atoms with Crippen LogP contribution in [0.25, 0.3) is 0 Å². The highest BCUT2D eigenvalue weighted by Gasteiger charge is 2.11. The van der Waals surface area contributed by atoms with Gasteiger partial charge in [0.1, 0.15) is 6.61 Å². The zero-order chi connectivity index (χ0) is 13.3. The Bertz CT molecular complexity index is 190. The molecule has 0 radical (unpaired) electrons. The van der Waals surface area contributed by atoms with E-state index in [1.54, 1.807) is 7.11 Å². The van der Waals surface area contributed by atoms with E-state index >= 15 is 0 Å². The van der Waals surface area contributed by atoms with Gasteiger partial charge >= 0.3 is 0 Å². The first kappa shape index (κ1) is 16.6. The van der Waals surface area contributed by atoms with Crippen molar-refractivity contribution in [2.75, 3.05) is 33.4 Å². The van der Waals surface area contributed by atoms with E-state index in [2.05, 4.69) is 32.6 Å². The van der Waals surface area contributed by atoms with E-state index < -0.39 is 0 Å². The molecule has 0 unspecified atom stereocenters. The summed E-state index contributed by atoms with van der Waals surface area (Å²) in [5.41, 5.74) is 0. The van der Waals surface area contributed by atoms with Gasteiger partial charge in [-0.2, -0.15) is 0 Å². The van der Waals surface area contributed by atoms with Gasteiger partial charge in [0.25, 0.3) is 0 Å². The lowest BCUT2D eigenvalue weighted by Crippen LogP contribution is -2.34. The minimum atomic E-state index is 0.181. The van der Waals surface area contributed by atoms with Crippen LogP contribution in [0.4, 0.5) is 0 Å². The molecule has 0 saturated carbocycles. The van der Waals surface area contributed by atoms with Crippen LogP contribution in [0.15, 0.2) is 0 Å². The van der Waals surface area contributed by atoms with Crippen LogP contribution in [-0.4, -0.2) is 44.0 Å². The molecule has 0 saturated heterocycles. The van der Waals surface area contributed by atoms with Gasteiger partial charge in [-0.15, -0.1) is 0 Å². The van der Waals surface area contributed by atoms with Crippen LogP contribution in [-0.2, 0) is 9.53 Å². The Morgan fingerprint density at radius 3 is 1.88 bits per heavy atom.